The van der Waals surface area contributed by atoms with Crippen LogP contribution in [-0.4, -0.2) is 43.8 Å². The molecule has 0 spiro atoms. The molecule has 0 aromatic carbocycles. The van der Waals surface area contributed by atoms with E-state index in [4.69, 9.17) is 4.42 Å². The standard InChI is InChI=1S/C22H24N6O2/c1-15-14-16(2)26-22(25-15)27-21-20(23-9-10-24-21)17-7-11-28(12-8-17)19(29)6-5-18-4-3-13-30-18/h3-6,9-10,13-14,17H,7-8,11-12H2,1-2H3,(H,24,25,26,27)/b6-5+. The molecular weight excluding hydrogens is 380 g/mol. The smallest absolute Gasteiger partial charge is 0.246 e. The summed E-state index contributed by atoms with van der Waals surface area (Å²) in [6.45, 7) is 5.21. The van der Waals surface area contributed by atoms with Crippen LogP contribution in [0.3, 0.4) is 0 Å². The van der Waals surface area contributed by atoms with E-state index in [2.05, 4.69) is 25.3 Å². The zero-order chi connectivity index (χ0) is 20.9. The fourth-order valence-corrected chi connectivity index (χ4v) is 3.65. The number of aromatic nitrogens is 4. The third-order valence-corrected chi connectivity index (χ3v) is 5.07. The Morgan fingerprint density at radius 3 is 2.60 bits per heavy atom. The Morgan fingerprint density at radius 2 is 1.90 bits per heavy atom. The topological polar surface area (TPSA) is 97.0 Å². The van der Waals surface area contributed by atoms with Gasteiger partial charge in [0.15, 0.2) is 5.82 Å². The first-order valence-electron chi connectivity index (χ1n) is 9.99. The fraction of sp³-hybridized carbons (Fsp3) is 0.318. The van der Waals surface area contributed by atoms with Crippen molar-refractivity contribution in [2.45, 2.75) is 32.6 Å². The summed E-state index contributed by atoms with van der Waals surface area (Å²) in [5, 5.41) is 3.22. The van der Waals surface area contributed by atoms with E-state index in [1.807, 2.05) is 30.9 Å². The molecule has 30 heavy (non-hydrogen) atoms. The normalized spacial score (nSPS) is 14.9. The number of nitrogens with zero attached hydrogens (tertiary/aromatic N) is 5. The average Bonchev–Trinajstić information content (AvgIpc) is 3.25. The third-order valence-electron chi connectivity index (χ3n) is 5.07. The molecule has 1 saturated heterocycles. The van der Waals surface area contributed by atoms with Gasteiger partial charge >= 0.3 is 0 Å². The number of nitrogens with one attached hydrogen (secondary N) is 1. The average molecular weight is 404 g/mol. The second-order valence-corrected chi connectivity index (χ2v) is 7.34. The minimum absolute atomic E-state index is 0.00835. The van der Waals surface area contributed by atoms with Crippen LogP contribution < -0.4 is 5.32 Å². The summed E-state index contributed by atoms with van der Waals surface area (Å²) in [7, 11) is 0. The van der Waals surface area contributed by atoms with E-state index in [1.165, 1.54) is 0 Å². The van der Waals surface area contributed by atoms with Gasteiger partial charge in [-0.1, -0.05) is 0 Å². The lowest BCUT2D eigenvalue weighted by Crippen LogP contribution is -2.37. The van der Waals surface area contributed by atoms with E-state index < -0.39 is 0 Å². The molecule has 1 aliphatic heterocycles. The predicted molar refractivity (Wildman–Crippen MR) is 113 cm³/mol. The lowest BCUT2D eigenvalue weighted by atomic mass is 9.93. The van der Waals surface area contributed by atoms with Crippen LogP contribution >= 0.6 is 0 Å². The van der Waals surface area contributed by atoms with E-state index in [1.54, 1.807) is 36.9 Å². The van der Waals surface area contributed by atoms with Crippen LogP contribution in [0.15, 0.2) is 47.3 Å². The summed E-state index contributed by atoms with van der Waals surface area (Å²) >= 11 is 0. The fourth-order valence-electron chi connectivity index (χ4n) is 3.65. The second kappa shape index (κ2) is 8.86. The predicted octanol–water partition coefficient (Wildman–Crippen LogP) is 3.64. The molecule has 1 amide bonds. The van der Waals surface area contributed by atoms with Crippen molar-refractivity contribution in [1.82, 2.24) is 24.8 Å². The highest BCUT2D eigenvalue weighted by molar-refractivity contribution is 5.91. The van der Waals surface area contributed by atoms with Crippen LogP contribution in [0.25, 0.3) is 6.08 Å². The Bertz CT molecular complexity index is 1020. The van der Waals surface area contributed by atoms with Crippen molar-refractivity contribution in [3.8, 4) is 0 Å². The monoisotopic (exact) mass is 404 g/mol. The maximum absolute atomic E-state index is 12.4. The van der Waals surface area contributed by atoms with Crippen molar-refractivity contribution in [2.24, 2.45) is 0 Å². The Morgan fingerprint density at radius 1 is 1.17 bits per heavy atom. The van der Waals surface area contributed by atoms with Crippen molar-refractivity contribution in [2.75, 3.05) is 18.4 Å². The molecule has 4 rings (SSSR count). The lowest BCUT2D eigenvalue weighted by molar-refractivity contribution is -0.126. The van der Waals surface area contributed by atoms with Crippen LogP contribution in [0, 0.1) is 13.8 Å². The maximum atomic E-state index is 12.4. The molecule has 1 fully saturated rings. The molecule has 0 radical (unpaired) electrons. The molecule has 0 atom stereocenters. The molecule has 0 bridgehead atoms. The first kappa shape index (κ1) is 19.8. The molecule has 3 aromatic heterocycles. The molecule has 8 heteroatoms. The summed E-state index contributed by atoms with van der Waals surface area (Å²) in [5.41, 5.74) is 2.67. The largest absolute Gasteiger partial charge is 0.465 e. The van der Waals surface area contributed by atoms with Gasteiger partial charge in [-0.25, -0.2) is 15.0 Å². The maximum Gasteiger partial charge on any atom is 0.246 e. The molecule has 4 heterocycles. The van der Waals surface area contributed by atoms with Crippen molar-refractivity contribution >= 4 is 23.7 Å². The quantitative estimate of drug-likeness (QED) is 0.648. The number of aryl methyl sites for hydroxylation is 2. The summed E-state index contributed by atoms with van der Waals surface area (Å²) in [4.78, 5) is 32.2. The van der Waals surface area contributed by atoms with Gasteiger partial charge in [0.05, 0.1) is 12.0 Å². The molecule has 1 aliphatic rings. The summed E-state index contributed by atoms with van der Waals surface area (Å²) in [5.74, 6) is 2.06. The Balaban J connectivity index is 1.42. The Kier molecular flexibility index (Phi) is 5.83. The number of carbonyl (C=O) groups is 1. The zero-order valence-corrected chi connectivity index (χ0v) is 17.1. The van der Waals surface area contributed by atoms with Crippen molar-refractivity contribution in [3.63, 3.8) is 0 Å². The van der Waals surface area contributed by atoms with E-state index >= 15 is 0 Å². The molecule has 3 aromatic rings. The van der Waals surface area contributed by atoms with Crippen LogP contribution in [0.1, 0.15) is 41.6 Å². The van der Waals surface area contributed by atoms with Crippen molar-refractivity contribution in [1.29, 1.82) is 0 Å². The van der Waals surface area contributed by atoms with Gasteiger partial charge in [-0.05, 0) is 51.0 Å². The SMILES string of the molecule is Cc1cc(C)nc(Nc2nccnc2C2CCN(C(=O)/C=C/c3ccco3)CC2)n1. The number of piperidine rings is 1. The number of amides is 1. The number of rotatable bonds is 5. The molecular formula is C22H24N6O2. The van der Waals surface area contributed by atoms with Gasteiger partial charge < -0.3 is 14.6 Å². The molecule has 154 valence electrons. The first-order valence-corrected chi connectivity index (χ1v) is 9.99. The third kappa shape index (κ3) is 4.71. The highest BCUT2D eigenvalue weighted by Crippen LogP contribution is 2.31. The van der Waals surface area contributed by atoms with Crippen molar-refractivity contribution < 1.29 is 9.21 Å². The van der Waals surface area contributed by atoms with Crippen LogP contribution in [0.5, 0.6) is 0 Å². The van der Waals surface area contributed by atoms with E-state index in [9.17, 15) is 4.79 Å². The molecule has 0 aliphatic carbocycles. The first-order chi connectivity index (χ1) is 14.6. The number of hydrogen-bond donors (Lipinski definition) is 1. The highest BCUT2D eigenvalue weighted by Gasteiger charge is 2.26. The molecule has 8 nitrogen and oxygen atoms in total. The summed E-state index contributed by atoms with van der Waals surface area (Å²) in [6.07, 6.45) is 9.85. The number of anilines is 2. The number of likely N-dealkylation sites (tertiary alicyclic amines) is 1. The number of hydrogen-bond acceptors (Lipinski definition) is 7. The summed E-state index contributed by atoms with van der Waals surface area (Å²) < 4.78 is 5.23. The molecule has 1 N–H and O–H groups in total. The number of furan rings is 1. The molecule has 0 unspecified atom stereocenters. The van der Waals surface area contributed by atoms with Crippen molar-refractivity contribution in [3.05, 3.63) is 65.8 Å². The Hall–Kier alpha value is -3.55. The van der Waals surface area contributed by atoms with Gasteiger partial charge in [0.1, 0.15) is 5.76 Å². The minimum atomic E-state index is -0.00835. The molecule has 0 saturated carbocycles. The lowest BCUT2D eigenvalue weighted by Gasteiger charge is -2.31. The minimum Gasteiger partial charge on any atom is -0.465 e. The van der Waals surface area contributed by atoms with Crippen LogP contribution in [-0.2, 0) is 4.79 Å². The van der Waals surface area contributed by atoms with Gasteiger partial charge in [0, 0.05) is 48.9 Å². The van der Waals surface area contributed by atoms with Crippen LogP contribution in [0.4, 0.5) is 11.8 Å². The van der Waals surface area contributed by atoms with Gasteiger partial charge in [-0.15, -0.1) is 0 Å². The highest BCUT2D eigenvalue weighted by atomic mass is 16.3. The Labute approximate surface area is 175 Å². The van der Waals surface area contributed by atoms with E-state index in [0.29, 0.717) is 30.6 Å². The summed E-state index contributed by atoms with van der Waals surface area (Å²) in [6, 6.07) is 5.54. The van der Waals surface area contributed by atoms with Gasteiger partial charge in [-0.3, -0.25) is 9.78 Å². The second-order valence-electron chi connectivity index (χ2n) is 7.34. The number of carbonyl (C=O) groups excluding carboxylic acids is 1. The zero-order valence-electron chi connectivity index (χ0n) is 17.1. The van der Waals surface area contributed by atoms with E-state index in [0.717, 1.165) is 29.9 Å². The van der Waals surface area contributed by atoms with Crippen LogP contribution in [0.2, 0.25) is 0 Å². The van der Waals surface area contributed by atoms with Gasteiger partial charge in [-0.2, -0.15) is 0 Å². The van der Waals surface area contributed by atoms with Gasteiger partial charge in [0.25, 0.3) is 0 Å². The van der Waals surface area contributed by atoms with Gasteiger partial charge in [0.2, 0.25) is 11.9 Å². The van der Waals surface area contributed by atoms with E-state index in [-0.39, 0.29) is 11.8 Å².